The largest absolute Gasteiger partial charge is 0.303 e. The number of hydrogen-bond acceptors (Lipinski definition) is 1. The van der Waals surface area contributed by atoms with Gasteiger partial charge in [0, 0.05) is 11.9 Å². The fourth-order valence-corrected chi connectivity index (χ4v) is 3.09. The van der Waals surface area contributed by atoms with Crippen molar-refractivity contribution in [3.05, 3.63) is 0 Å². The highest BCUT2D eigenvalue weighted by atomic mass is 79.9. The van der Waals surface area contributed by atoms with Gasteiger partial charge in [0.15, 0.2) is 0 Å². The molecular formula is C11H22BrN. The van der Waals surface area contributed by atoms with Crippen LogP contribution in [0.2, 0.25) is 0 Å². The van der Waals surface area contributed by atoms with Gasteiger partial charge in [-0.3, -0.25) is 0 Å². The zero-order valence-electron chi connectivity index (χ0n) is 8.98. The molecule has 0 aromatic rings. The summed E-state index contributed by atoms with van der Waals surface area (Å²) in [6.07, 6.45) is 5.41. The zero-order chi connectivity index (χ0) is 9.73. The molecule has 0 amide bonds. The van der Waals surface area contributed by atoms with E-state index < -0.39 is 0 Å². The molecule has 0 aliphatic carbocycles. The second kappa shape index (κ2) is 5.35. The molecule has 0 radical (unpaired) electrons. The van der Waals surface area contributed by atoms with Crippen molar-refractivity contribution in [2.24, 2.45) is 5.41 Å². The summed E-state index contributed by atoms with van der Waals surface area (Å²) in [4.78, 5) is 2.63. The van der Waals surface area contributed by atoms with Gasteiger partial charge in [0.05, 0.1) is 0 Å². The molecule has 0 bridgehead atoms. The summed E-state index contributed by atoms with van der Waals surface area (Å²) in [5, 5.41) is 1.16. The minimum Gasteiger partial charge on any atom is -0.303 e. The van der Waals surface area contributed by atoms with Crippen LogP contribution in [0.5, 0.6) is 0 Å². The van der Waals surface area contributed by atoms with E-state index in [2.05, 4.69) is 34.7 Å². The summed E-state index contributed by atoms with van der Waals surface area (Å²) in [6, 6.07) is 0. The van der Waals surface area contributed by atoms with Gasteiger partial charge in [0.25, 0.3) is 0 Å². The predicted molar refractivity (Wildman–Crippen MR) is 62.5 cm³/mol. The minimum atomic E-state index is 0.532. The van der Waals surface area contributed by atoms with Crippen LogP contribution >= 0.6 is 15.9 Å². The van der Waals surface area contributed by atoms with E-state index in [0.29, 0.717) is 5.41 Å². The van der Waals surface area contributed by atoms with Crippen LogP contribution < -0.4 is 0 Å². The van der Waals surface area contributed by atoms with E-state index in [4.69, 9.17) is 0 Å². The van der Waals surface area contributed by atoms with E-state index >= 15 is 0 Å². The summed E-state index contributed by atoms with van der Waals surface area (Å²) in [5.41, 5.74) is 0.532. The molecular weight excluding hydrogens is 226 g/mol. The zero-order valence-corrected chi connectivity index (χ0v) is 10.6. The molecule has 1 heterocycles. The monoisotopic (exact) mass is 247 g/mol. The van der Waals surface area contributed by atoms with Crippen LogP contribution in [0.4, 0.5) is 0 Å². The van der Waals surface area contributed by atoms with Crippen molar-refractivity contribution in [1.29, 1.82) is 0 Å². The van der Waals surface area contributed by atoms with Gasteiger partial charge in [0.1, 0.15) is 0 Å². The van der Waals surface area contributed by atoms with Gasteiger partial charge in [0.2, 0.25) is 0 Å². The lowest BCUT2D eigenvalue weighted by Crippen LogP contribution is -2.36. The third-order valence-corrected chi connectivity index (χ3v) is 4.73. The van der Waals surface area contributed by atoms with Crippen molar-refractivity contribution < 1.29 is 0 Å². The second-order valence-corrected chi connectivity index (χ2v) is 4.88. The Hall–Kier alpha value is 0.440. The Morgan fingerprint density at radius 3 is 2.08 bits per heavy atom. The summed E-state index contributed by atoms with van der Waals surface area (Å²) in [7, 11) is 0. The molecule has 0 spiro atoms. The lowest BCUT2D eigenvalue weighted by Gasteiger charge is -2.34. The molecule has 0 aromatic heterocycles. The van der Waals surface area contributed by atoms with Crippen molar-refractivity contribution in [2.45, 2.75) is 39.5 Å². The first kappa shape index (κ1) is 11.5. The number of alkyl halides is 1. The van der Waals surface area contributed by atoms with Crippen molar-refractivity contribution in [3.8, 4) is 0 Å². The Labute approximate surface area is 91.0 Å². The van der Waals surface area contributed by atoms with Crippen LogP contribution in [0.3, 0.4) is 0 Å². The van der Waals surface area contributed by atoms with Crippen molar-refractivity contribution in [2.75, 3.05) is 25.0 Å². The Kier molecular flexibility index (Phi) is 4.74. The lowest BCUT2D eigenvalue weighted by atomic mass is 9.84. The van der Waals surface area contributed by atoms with Crippen LogP contribution in [0.1, 0.15) is 39.5 Å². The Bertz CT molecular complexity index is 129. The summed E-state index contributed by atoms with van der Waals surface area (Å²) in [5.74, 6) is 0. The topological polar surface area (TPSA) is 3.24 Å². The molecule has 0 aromatic carbocycles. The number of rotatable bonds is 5. The van der Waals surface area contributed by atoms with Crippen LogP contribution in [0.25, 0.3) is 0 Å². The standard InChI is InChI=1S/C11H22BrN/c1-3-11(4-2,9-12)10-13-7-5-6-8-13/h3-10H2,1-2H3. The summed E-state index contributed by atoms with van der Waals surface area (Å²) in [6.45, 7) is 8.59. The Morgan fingerprint density at radius 2 is 1.69 bits per heavy atom. The van der Waals surface area contributed by atoms with Crippen LogP contribution in [0, 0.1) is 5.41 Å². The normalized spacial score (nSPS) is 19.6. The fourth-order valence-electron chi connectivity index (χ4n) is 2.12. The maximum Gasteiger partial charge on any atom is 0.01000 e. The molecule has 1 fully saturated rings. The molecule has 0 saturated carbocycles. The average Bonchev–Trinajstić information content (AvgIpc) is 2.67. The quantitative estimate of drug-likeness (QED) is 0.675. The first-order chi connectivity index (χ1) is 6.26. The van der Waals surface area contributed by atoms with Crippen molar-refractivity contribution in [3.63, 3.8) is 0 Å². The summed E-state index contributed by atoms with van der Waals surface area (Å²) >= 11 is 3.67. The van der Waals surface area contributed by atoms with E-state index in [1.165, 1.54) is 45.3 Å². The molecule has 13 heavy (non-hydrogen) atoms. The maximum atomic E-state index is 3.67. The number of halogens is 1. The molecule has 1 aliphatic heterocycles. The molecule has 0 unspecified atom stereocenters. The summed E-state index contributed by atoms with van der Waals surface area (Å²) < 4.78 is 0. The van der Waals surface area contributed by atoms with Crippen LogP contribution in [-0.4, -0.2) is 29.9 Å². The molecule has 2 heteroatoms. The molecule has 0 N–H and O–H groups in total. The smallest absolute Gasteiger partial charge is 0.01000 e. The minimum absolute atomic E-state index is 0.532. The lowest BCUT2D eigenvalue weighted by molar-refractivity contribution is 0.185. The fraction of sp³-hybridized carbons (Fsp3) is 1.00. The molecule has 1 saturated heterocycles. The van der Waals surface area contributed by atoms with E-state index in [-0.39, 0.29) is 0 Å². The highest BCUT2D eigenvalue weighted by Crippen LogP contribution is 2.30. The van der Waals surface area contributed by atoms with Crippen LogP contribution in [-0.2, 0) is 0 Å². The van der Waals surface area contributed by atoms with Gasteiger partial charge in [-0.1, -0.05) is 29.8 Å². The van der Waals surface area contributed by atoms with Gasteiger partial charge in [-0.15, -0.1) is 0 Å². The van der Waals surface area contributed by atoms with E-state index in [0.717, 1.165) is 5.33 Å². The van der Waals surface area contributed by atoms with Gasteiger partial charge in [-0.2, -0.15) is 0 Å². The highest BCUT2D eigenvalue weighted by molar-refractivity contribution is 9.09. The molecule has 78 valence electrons. The van der Waals surface area contributed by atoms with Crippen molar-refractivity contribution in [1.82, 2.24) is 4.90 Å². The second-order valence-electron chi connectivity index (χ2n) is 4.32. The van der Waals surface area contributed by atoms with Gasteiger partial charge in [-0.05, 0) is 44.2 Å². The van der Waals surface area contributed by atoms with Crippen molar-refractivity contribution >= 4 is 15.9 Å². The Morgan fingerprint density at radius 1 is 1.15 bits per heavy atom. The van der Waals surface area contributed by atoms with Gasteiger partial charge in [-0.25, -0.2) is 0 Å². The average molecular weight is 248 g/mol. The number of hydrogen-bond donors (Lipinski definition) is 0. The molecule has 1 nitrogen and oxygen atoms in total. The third-order valence-electron chi connectivity index (χ3n) is 3.54. The third kappa shape index (κ3) is 2.95. The van der Waals surface area contributed by atoms with Gasteiger partial charge < -0.3 is 4.90 Å². The van der Waals surface area contributed by atoms with Gasteiger partial charge >= 0.3 is 0 Å². The predicted octanol–water partition coefficient (Wildman–Crippen LogP) is 3.28. The SMILES string of the molecule is CCC(CC)(CBr)CN1CCCC1. The Balaban J connectivity index is 2.44. The van der Waals surface area contributed by atoms with E-state index in [1.807, 2.05) is 0 Å². The number of nitrogens with zero attached hydrogens (tertiary/aromatic N) is 1. The van der Waals surface area contributed by atoms with Crippen LogP contribution in [0.15, 0.2) is 0 Å². The maximum absolute atomic E-state index is 3.67. The molecule has 0 atom stereocenters. The number of likely N-dealkylation sites (tertiary alicyclic amines) is 1. The molecule has 1 rings (SSSR count). The molecule has 1 aliphatic rings. The first-order valence-corrected chi connectivity index (χ1v) is 6.67. The van der Waals surface area contributed by atoms with E-state index in [1.54, 1.807) is 0 Å². The first-order valence-electron chi connectivity index (χ1n) is 5.54. The van der Waals surface area contributed by atoms with E-state index in [9.17, 15) is 0 Å². The highest BCUT2D eigenvalue weighted by Gasteiger charge is 2.28.